The number of nitrogens with zero attached hydrogens (tertiary/aromatic N) is 3. The van der Waals surface area contributed by atoms with Gasteiger partial charge in [0.2, 0.25) is 0 Å². The molecular formula is C16H26N4O. The minimum absolute atomic E-state index is 0.106. The first-order valence-corrected chi connectivity index (χ1v) is 7.54. The van der Waals surface area contributed by atoms with Crippen molar-refractivity contribution in [2.75, 3.05) is 27.2 Å². The van der Waals surface area contributed by atoms with E-state index >= 15 is 0 Å². The van der Waals surface area contributed by atoms with Gasteiger partial charge in [0.1, 0.15) is 5.82 Å². The Morgan fingerprint density at radius 1 is 1.33 bits per heavy atom. The Labute approximate surface area is 126 Å². The Balaban J connectivity index is 2.10. The summed E-state index contributed by atoms with van der Waals surface area (Å²) in [4.78, 5) is 6.72. The Morgan fingerprint density at radius 3 is 2.71 bits per heavy atom. The van der Waals surface area contributed by atoms with Crippen LogP contribution in [0.15, 0.2) is 24.3 Å². The maximum absolute atomic E-state index is 9.95. The summed E-state index contributed by atoms with van der Waals surface area (Å²) in [5.41, 5.74) is 2.19. The lowest BCUT2D eigenvalue weighted by atomic mass is 10.2. The first kappa shape index (κ1) is 15.9. The fourth-order valence-electron chi connectivity index (χ4n) is 2.65. The molecule has 1 aromatic heterocycles. The minimum Gasteiger partial charge on any atom is -0.390 e. The summed E-state index contributed by atoms with van der Waals surface area (Å²) in [6.07, 6.45) is -0.373. The average molecular weight is 290 g/mol. The van der Waals surface area contributed by atoms with Crippen LogP contribution in [0.1, 0.15) is 25.7 Å². The normalized spacial score (nSPS) is 14.8. The molecule has 1 heterocycles. The molecule has 2 aromatic rings. The molecule has 2 atom stereocenters. The molecule has 0 aliphatic rings. The lowest BCUT2D eigenvalue weighted by molar-refractivity contribution is 0.131. The van der Waals surface area contributed by atoms with Gasteiger partial charge in [-0.2, -0.15) is 0 Å². The third-order valence-electron chi connectivity index (χ3n) is 3.62. The van der Waals surface area contributed by atoms with Gasteiger partial charge in [0.05, 0.1) is 23.2 Å². The molecule has 0 spiro atoms. The number of hydrogen-bond acceptors (Lipinski definition) is 4. The third kappa shape index (κ3) is 3.81. The van der Waals surface area contributed by atoms with Crippen molar-refractivity contribution < 1.29 is 5.11 Å². The van der Waals surface area contributed by atoms with E-state index in [1.165, 1.54) is 0 Å². The maximum atomic E-state index is 9.95. The summed E-state index contributed by atoms with van der Waals surface area (Å²) in [5.74, 6) is 1.02. The van der Waals surface area contributed by atoms with Crippen LogP contribution in [-0.2, 0) is 6.54 Å². The molecule has 1 aromatic carbocycles. The smallest absolute Gasteiger partial charge is 0.126 e. The van der Waals surface area contributed by atoms with E-state index in [-0.39, 0.29) is 12.1 Å². The van der Waals surface area contributed by atoms with E-state index in [0.717, 1.165) is 23.4 Å². The number of benzene rings is 1. The monoisotopic (exact) mass is 290 g/mol. The maximum Gasteiger partial charge on any atom is 0.126 e. The number of likely N-dealkylation sites (N-methyl/N-ethyl adjacent to an activating group) is 1. The van der Waals surface area contributed by atoms with Gasteiger partial charge < -0.3 is 19.9 Å². The molecular weight excluding hydrogens is 264 g/mol. The number of rotatable bonds is 7. The van der Waals surface area contributed by atoms with Crippen molar-refractivity contribution in [3.63, 3.8) is 0 Å². The highest BCUT2D eigenvalue weighted by Gasteiger charge is 2.16. The predicted octanol–water partition coefficient (Wildman–Crippen LogP) is 1.63. The SMILES string of the molecule is CCn1c(C(C)NCC(O)CN(C)C)nc2ccccc21. The second-order valence-electron chi connectivity index (χ2n) is 5.75. The lowest BCUT2D eigenvalue weighted by Gasteiger charge is -2.20. The van der Waals surface area contributed by atoms with Gasteiger partial charge in [-0.05, 0) is 40.1 Å². The van der Waals surface area contributed by atoms with Crippen molar-refractivity contribution in [2.45, 2.75) is 32.5 Å². The van der Waals surface area contributed by atoms with Gasteiger partial charge in [-0.1, -0.05) is 12.1 Å². The zero-order valence-electron chi connectivity index (χ0n) is 13.4. The van der Waals surface area contributed by atoms with Gasteiger partial charge in [0, 0.05) is 19.6 Å². The first-order chi connectivity index (χ1) is 10.0. The van der Waals surface area contributed by atoms with Gasteiger partial charge in [0.25, 0.3) is 0 Å². The molecule has 0 saturated heterocycles. The number of aryl methyl sites for hydroxylation is 1. The van der Waals surface area contributed by atoms with Crippen LogP contribution in [0.5, 0.6) is 0 Å². The molecule has 21 heavy (non-hydrogen) atoms. The topological polar surface area (TPSA) is 53.3 Å². The number of aromatic nitrogens is 2. The number of hydrogen-bond donors (Lipinski definition) is 2. The molecule has 2 N–H and O–H groups in total. The molecule has 5 nitrogen and oxygen atoms in total. The van der Waals surface area contributed by atoms with E-state index in [1.54, 1.807) is 0 Å². The molecule has 0 amide bonds. The zero-order valence-corrected chi connectivity index (χ0v) is 13.4. The summed E-state index contributed by atoms with van der Waals surface area (Å²) in [6.45, 7) is 6.33. The Bertz CT molecular complexity index is 579. The highest BCUT2D eigenvalue weighted by atomic mass is 16.3. The van der Waals surface area contributed by atoms with Gasteiger partial charge >= 0.3 is 0 Å². The van der Waals surface area contributed by atoms with Crippen LogP contribution in [0.25, 0.3) is 11.0 Å². The van der Waals surface area contributed by atoms with E-state index in [0.29, 0.717) is 13.1 Å². The molecule has 5 heteroatoms. The second-order valence-corrected chi connectivity index (χ2v) is 5.75. The fourth-order valence-corrected chi connectivity index (χ4v) is 2.65. The van der Waals surface area contributed by atoms with Gasteiger partial charge in [-0.15, -0.1) is 0 Å². The summed E-state index contributed by atoms with van der Waals surface area (Å²) in [7, 11) is 3.92. The van der Waals surface area contributed by atoms with E-state index in [1.807, 2.05) is 37.2 Å². The molecule has 0 aliphatic carbocycles. The van der Waals surface area contributed by atoms with Crippen LogP contribution in [0.2, 0.25) is 0 Å². The van der Waals surface area contributed by atoms with Crippen molar-refractivity contribution in [2.24, 2.45) is 0 Å². The first-order valence-electron chi connectivity index (χ1n) is 7.54. The average Bonchev–Trinajstić information content (AvgIpc) is 2.82. The summed E-state index contributed by atoms with van der Waals surface area (Å²) in [5, 5.41) is 13.3. The Morgan fingerprint density at radius 2 is 2.05 bits per heavy atom. The number of aliphatic hydroxyl groups is 1. The summed E-state index contributed by atoms with van der Waals surface area (Å²) < 4.78 is 2.23. The van der Waals surface area contributed by atoms with Gasteiger partial charge in [-0.25, -0.2) is 4.98 Å². The molecule has 2 rings (SSSR count). The van der Waals surface area contributed by atoms with Crippen molar-refractivity contribution in [3.8, 4) is 0 Å². The lowest BCUT2D eigenvalue weighted by Crippen LogP contribution is -2.36. The number of imidazole rings is 1. The fraction of sp³-hybridized carbons (Fsp3) is 0.562. The van der Waals surface area contributed by atoms with Crippen LogP contribution in [0.3, 0.4) is 0 Å². The quantitative estimate of drug-likeness (QED) is 0.814. The van der Waals surface area contributed by atoms with Crippen LogP contribution in [-0.4, -0.2) is 52.8 Å². The minimum atomic E-state index is -0.373. The Kier molecular flexibility index (Phi) is 5.33. The number of fused-ring (bicyclic) bond motifs is 1. The van der Waals surface area contributed by atoms with Crippen molar-refractivity contribution in [1.82, 2.24) is 19.8 Å². The van der Waals surface area contributed by atoms with Crippen molar-refractivity contribution in [1.29, 1.82) is 0 Å². The molecule has 0 fully saturated rings. The van der Waals surface area contributed by atoms with E-state index < -0.39 is 0 Å². The van der Waals surface area contributed by atoms with Crippen LogP contribution in [0.4, 0.5) is 0 Å². The van der Waals surface area contributed by atoms with E-state index in [2.05, 4.69) is 29.8 Å². The third-order valence-corrected chi connectivity index (χ3v) is 3.62. The van der Waals surface area contributed by atoms with E-state index in [9.17, 15) is 5.11 Å². The van der Waals surface area contributed by atoms with Gasteiger partial charge in [0.15, 0.2) is 0 Å². The summed E-state index contributed by atoms with van der Waals surface area (Å²) in [6, 6.07) is 8.30. The van der Waals surface area contributed by atoms with Gasteiger partial charge in [-0.3, -0.25) is 0 Å². The highest BCUT2D eigenvalue weighted by Crippen LogP contribution is 2.20. The molecule has 116 valence electrons. The molecule has 0 saturated carbocycles. The van der Waals surface area contributed by atoms with Crippen LogP contribution >= 0.6 is 0 Å². The van der Waals surface area contributed by atoms with Crippen LogP contribution < -0.4 is 5.32 Å². The van der Waals surface area contributed by atoms with Crippen molar-refractivity contribution >= 4 is 11.0 Å². The molecule has 0 aliphatic heterocycles. The second kappa shape index (κ2) is 7.02. The number of nitrogens with one attached hydrogen (secondary N) is 1. The number of aliphatic hydroxyl groups excluding tert-OH is 1. The Hall–Kier alpha value is -1.43. The predicted molar refractivity (Wildman–Crippen MR) is 86.4 cm³/mol. The zero-order chi connectivity index (χ0) is 15.4. The van der Waals surface area contributed by atoms with E-state index in [4.69, 9.17) is 4.98 Å². The summed E-state index contributed by atoms with van der Waals surface area (Å²) >= 11 is 0. The largest absolute Gasteiger partial charge is 0.390 e. The standard InChI is InChI=1S/C16H26N4O/c1-5-20-15-9-7-6-8-14(15)18-16(20)12(2)17-10-13(21)11-19(3)4/h6-9,12-13,17,21H,5,10-11H2,1-4H3. The highest BCUT2D eigenvalue weighted by molar-refractivity contribution is 5.76. The molecule has 2 unspecified atom stereocenters. The molecule has 0 radical (unpaired) electrons. The molecule has 0 bridgehead atoms. The van der Waals surface area contributed by atoms with Crippen molar-refractivity contribution in [3.05, 3.63) is 30.1 Å². The number of para-hydroxylation sites is 2. The van der Waals surface area contributed by atoms with Crippen LogP contribution in [0, 0.1) is 0 Å².